The molecule has 1 rings (SSSR count). The zero-order valence-corrected chi connectivity index (χ0v) is 10.1. The van der Waals surface area contributed by atoms with Gasteiger partial charge in [0, 0.05) is 6.92 Å². The molecular formula is C14H18O3. The molecular weight excluding hydrogens is 216 g/mol. The summed E-state index contributed by atoms with van der Waals surface area (Å²) < 4.78 is 0. The number of benzene rings is 1. The minimum Gasteiger partial charge on any atom is -0.481 e. The van der Waals surface area contributed by atoms with Gasteiger partial charge in [-0.25, -0.2) is 0 Å². The van der Waals surface area contributed by atoms with E-state index in [1.807, 2.05) is 48.6 Å². The van der Waals surface area contributed by atoms with Crippen molar-refractivity contribution in [3.8, 4) is 0 Å². The standard InChI is InChI=1S/C12H14O.C2H4O2/c1-11(13)7-5-6-10-12-8-3-2-4-9-12;1-2(3)4/h2-11,13H,1H3;1H3,(H,3,4). The van der Waals surface area contributed by atoms with Gasteiger partial charge < -0.3 is 10.2 Å². The van der Waals surface area contributed by atoms with Crippen molar-refractivity contribution >= 4 is 12.0 Å². The highest BCUT2D eigenvalue weighted by Crippen LogP contribution is 2.00. The first-order valence-corrected chi connectivity index (χ1v) is 5.30. The van der Waals surface area contributed by atoms with Crippen LogP contribution in [0.3, 0.4) is 0 Å². The molecule has 0 aliphatic heterocycles. The fourth-order valence-corrected chi connectivity index (χ4v) is 0.956. The van der Waals surface area contributed by atoms with Gasteiger partial charge in [0.25, 0.3) is 5.97 Å². The van der Waals surface area contributed by atoms with Crippen molar-refractivity contribution in [2.24, 2.45) is 0 Å². The first kappa shape index (κ1) is 15.1. The van der Waals surface area contributed by atoms with Crippen LogP contribution in [0.5, 0.6) is 0 Å². The van der Waals surface area contributed by atoms with E-state index in [1.54, 1.807) is 13.0 Å². The van der Waals surface area contributed by atoms with Gasteiger partial charge in [0.1, 0.15) is 0 Å². The van der Waals surface area contributed by atoms with E-state index in [9.17, 15) is 0 Å². The van der Waals surface area contributed by atoms with Gasteiger partial charge in [-0.15, -0.1) is 0 Å². The molecule has 0 bridgehead atoms. The normalized spacial score (nSPS) is 12.2. The quantitative estimate of drug-likeness (QED) is 0.790. The van der Waals surface area contributed by atoms with Crippen molar-refractivity contribution in [1.29, 1.82) is 0 Å². The summed E-state index contributed by atoms with van der Waals surface area (Å²) >= 11 is 0. The predicted octanol–water partition coefficient (Wildman–Crippen LogP) is 2.73. The van der Waals surface area contributed by atoms with Crippen molar-refractivity contribution in [2.45, 2.75) is 20.0 Å². The highest BCUT2D eigenvalue weighted by molar-refractivity contribution is 5.62. The van der Waals surface area contributed by atoms with Crippen LogP contribution in [0, 0.1) is 0 Å². The van der Waals surface area contributed by atoms with E-state index in [0.29, 0.717) is 0 Å². The first-order chi connectivity index (χ1) is 8.02. The number of carboxylic acids is 1. The van der Waals surface area contributed by atoms with E-state index in [4.69, 9.17) is 15.0 Å². The fourth-order valence-electron chi connectivity index (χ4n) is 0.956. The summed E-state index contributed by atoms with van der Waals surface area (Å²) in [6.45, 7) is 2.81. The molecule has 0 fully saturated rings. The topological polar surface area (TPSA) is 57.5 Å². The smallest absolute Gasteiger partial charge is 0.300 e. The number of carbonyl (C=O) groups is 1. The minimum atomic E-state index is -0.833. The Balaban J connectivity index is 0.000000557. The number of hydrogen-bond donors (Lipinski definition) is 2. The Morgan fingerprint density at radius 3 is 2.24 bits per heavy atom. The van der Waals surface area contributed by atoms with E-state index >= 15 is 0 Å². The first-order valence-electron chi connectivity index (χ1n) is 5.30. The summed E-state index contributed by atoms with van der Waals surface area (Å²) in [6, 6.07) is 10.1. The molecule has 0 aromatic heterocycles. The summed E-state index contributed by atoms with van der Waals surface area (Å²) in [5, 5.41) is 16.3. The lowest BCUT2D eigenvalue weighted by Crippen LogP contribution is -1.90. The molecule has 0 saturated heterocycles. The molecule has 0 radical (unpaired) electrons. The maximum Gasteiger partial charge on any atom is 0.300 e. The number of carboxylic acid groups (broad SMARTS) is 1. The molecule has 0 amide bonds. The Labute approximate surface area is 102 Å². The van der Waals surface area contributed by atoms with Crippen LogP contribution in [-0.2, 0) is 4.79 Å². The van der Waals surface area contributed by atoms with Crippen LogP contribution in [0.1, 0.15) is 19.4 Å². The summed E-state index contributed by atoms with van der Waals surface area (Å²) in [7, 11) is 0. The second-order valence-corrected chi connectivity index (χ2v) is 3.41. The van der Waals surface area contributed by atoms with Gasteiger partial charge in [-0.3, -0.25) is 4.79 Å². The number of aliphatic hydroxyl groups is 1. The third-order valence-electron chi connectivity index (χ3n) is 1.59. The number of aliphatic carboxylic acids is 1. The minimum absolute atomic E-state index is 0.375. The molecule has 17 heavy (non-hydrogen) atoms. The van der Waals surface area contributed by atoms with Crippen molar-refractivity contribution in [1.82, 2.24) is 0 Å². The second kappa shape index (κ2) is 9.36. The lowest BCUT2D eigenvalue weighted by Gasteiger charge is -1.90. The van der Waals surface area contributed by atoms with Crippen LogP contribution in [0.25, 0.3) is 6.08 Å². The monoisotopic (exact) mass is 234 g/mol. The molecule has 92 valence electrons. The van der Waals surface area contributed by atoms with E-state index in [1.165, 1.54) is 0 Å². The summed E-state index contributed by atoms with van der Waals surface area (Å²) in [4.78, 5) is 9.00. The van der Waals surface area contributed by atoms with Gasteiger partial charge in [0.2, 0.25) is 0 Å². The summed E-state index contributed by atoms with van der Waals surface area (Å²) in [5.41, 5.74) is 1.16. The Hall–Kier alpha value is -1.87. The zero-order valence-electron chi connectivity index (χ0n) is 10.1. The molecule has 1 aromatic rings. The van der Waals surface area contributed by atoms with Crippen molar-refractivity contribution in [3.63, 3.8) is 0 Å². The van der Waals surface area contributed by atoms with Crippen molar-refractivity contribution in [2.75, 3.05) is 0 Å². The Bertz CT molecular complexity index is 360. The Morgan fingerprint density at radius 2 is 1.76 bits per heavy atom. The summed E-state index contributed by atoms with van der Waals surface area (Å²) in [6.07, 6.45) is 7.12. The summed E-state index contributed by atoms with van der Waals surface area (Å²) in [5.74, 6) is -0.833. The van der Waals surface area contributed by atoms with Crippen LogP contribution < -0.4 is 0 Å². The third kappa shape index (κ3) is 12.1. The number of aliphatic hydroxyl groups excluding tert-OH is 1. The van der Waals surface area contributed by atoms with E-state index in [0.717, 1.165) is 12.5 Å². The number of allylic oxidation sites excluding steroid dienone is 2. The molecule has 0 saturated carbocycles. The average molecular weight is 234 g/mol. The molecule has 3 nitrogen and oxygen atoms in total. The molecule has 1 atom stereocenters. The van der Waals surface area contributed by atoms with Gasteiger partial charge in [-0.2, -0.15) is 0 Å². The number of hydrogen-bond acceptors (Lipinski definition) is 2. The predicted molar refractivity (Wildman–Crippen MR) is 69.6 cm³/mol. The van der Waals surface area contributed by atoms with Crippen LogP contribution in [-0.4, -0.2) is 22.3 Å². The van der Waals surface area contributed by atoms with Gasteiger partial charge in [0.05, 0.1) is 6.10 Å². The molecule has 0 heterocycles. The molecule has 0 aliphatic rings. The fraction of sp³-hybridized carbons (Fsp3) is 0.214. The lowest BCUT2D eigenvalue weighted by molar-refractivity contribution is -0.134. The van der Waals surface area contributed by atoms with Crippen molar-refractivity contribution < 1.29 is 15.0 Å². The highest BCUT2D eigenvalue weighted by atomic mass is 16.4. The molecule has 0 aliphatic carbocycles. The zero-order chi connectivity index (χ0) is 13.1. The lowest BCUT2D eigenvalue weighted by atomic mass is 10.2. The maximum atomic E-state index is 9.00. The van der Waals surface area contributed by atoms with E-state index < -0.39 is 5.97 Å². The van der Waals surface area contributed by atoms with Crippen molar-refractivity contribution in [3.05, 3.63) is 54.1 Å². The number of rotatable bonds is 3. The van der Waals surface area contributed by atoms with E-state index in [2.05, 4.69) is 0 Å². The molecule has 3 heteroatoms. The van der Waals surface area contributed by atoms with Gasteiger partial charge in [0.15, 0.2) is 0 Å². The highest BCUT2D eigenvalue weighted by Gasteiger charge is 1.82. The Morgan fingerprint density at radius 1 is 1.24 bits per heavy atom. The van der Waals surface area contributed by atoms with Crippen LogP contribution in [0.2, 0.25) is 0 Å². The molecule has 1 aromatic carbocycles. The average Bonchev–Trinajstić information content (AvgIpc) is 2.25. The maximum absolute atomic E-state index is 9.00. The SMILES string of the molecule is CC(=O)O.CC(O)C=CC=Cc1ccccc1. The molecule has 1 unspecified atom stereocenters. The van der Waals surface area contributed by atoms with E-state index in [-0.39, 0.29) is 6.10 Å². The second-order valence-electron chi connectivity index (χ2n) is 3.41. The Kier molecular flexibility index (Phi) is 8.33. The molecule has 2 N–H and O–H groups in total. The van der Waals surface area contributed by atoms with Crippen LogP contribution in [0.4, 0.5) is 0 Å². The van der Waals surface area contributed by atoms with Gasteiger partial charge in [-0.1, -0.05) is 54.6 Å². The van der Waals surface area contributed by atoms with Gasteiger partial charge >= 0.3 is 0 Å². The molecule has 0 spiro atoms. The third-order valence-corrected chi connectivity index (χ3v) is 1.59. The van der Waals surface area contributed by atoms with Crippen LogP contribution in [0.15, 0.2) is 48.6 Å². The van der Waals surface area contributed by atoms with Crippen LogP contribution >= 0.6 is 0 Å². The van der Waals surface area contributed by atoms with Gasteiger partial charge in [-0.05, 0) is 12.5 Å². The largest absolute Gasteiger partial charge is 0.481 e.